The lowest BCUT2D eigenvalue weighted by Crippen LogP contribution is -2.35. The number of nitrogens with two attached hydrogens (primary N) is 1. The maximum Gasteiger partial charge on any atom is 0.0314 e. The molecule has 0 aromatic heterocycles. The minimum atomic E-state index is 0.856. The molecule has 0 atom stereocenters. The summed E-state index contributed by atoms with van der Waals surface area (Å²) >= 11 is 0. The summed E-state index contributed by atoms with van der Waals surface area (Å²) in [5.74, 6) is 0.866. The van der Waals surface area contributed by atoms with Gasteiger partial charge in [0.1, 0.15) is 0 Å². The summed E-state index contributed by atoms with van der Waals surface area (Å²) in [5, 5.41) is 0. The third-order valence-electron chi connectivity index (χ3n) is 4.99. The molecule has 0 saturated carbocycles. The maximum atomic E-state index is 5.73. The van der Waals surface area contributed by atoms with Crippen molar-refractivity contribution in [3.8, 4) is 0 Å². The number of rotatable bonds is 6. The van der Waals surface area contributed by atoms with E-state index in [9.17, 15) is 0 Å². The first-order valence-electron chi connectivity index (χ1n) is 8.90. The molecule has 2 aromatic carbocycles. The second kappa shape index (κ2) is 8.16. The van der Waals surface area contributed by atoms with Crippen LogP contribution < -0.4 is 5.73 Å². The van der Waals surface area contributed by atoms with E-state index >= 15 is 0 Å². The molecule has 1 aliphatic heterocycles. The van der Waals surface area contributed by atoms with E-state index in [1.807, 2.05) is 12.1 Å². The van der Waals surface area contributed by atoms with Gasteiger partial charge in [0, 0.05) is 5.69 Å². The molecule has 0 radical (unpaired) electrons. The molecule has 2 aromatic rings. The second-order valence-corrected chi connectivity index (χ2v) is 6.82. The molecule has 1 saturated heterocycles. The fraction of sp³-hybridized carbons (Fsp3) is 0.429. The number of hydrogen-bond donors (Lipinski definition) is 1. The smallest absolute Gasteiger partial charge is 0.0314 e. The quantitative estimate of drug-likeness (QED) is 0.812. The average Bonchev–Trinajstić information content (AvgIpc) is 2.59. The van der Waals surface area contributed by atoms with Gasteiger partial charge in [-0.2, -0.15) is 0 Å². The summed E-state index contributed by atoms with van der Waals surface area (Å²) in [5.41, 5.74) is 9.48. The number of anilines is 1. The molecule has 0 amide bonds. The van der Waals surface area contributed by atoms with Crippen LogP contribution in [0, 0.1) is 5.92 Å². The second-order valence-electron chi connectivity index (χ2n) is 6.82. The van der Waals surface area contributed by atoms with Crippen molar-refractivity contribution in [2.45, 2.75) is 32.1 Å². The zero-order chi connectivity index (χ0) is 15.9. The van der Waals surface area contributed by atoms with Gasteiger partial charge in [-0.1, -0.05) is 42.5 Å². The molecule has 0 unspecified atom stereocenters. The van der Waals surface area contributed by atoms with Gasteiger partial charge in [0.05, 0.1) is 0 Å². The molecule has 23 heavy (non-hydrogen) atoms. The number of nitrogen functional groups attached to an aromatic ring is 1. The lowest BCUT2D eigenvalue weighted by atomic mass is 9.90. The summed E-state index contributed by atoms with van der Waals surface area (Å²) in [6, 6.07) is 19.3. The molecular weight excluding hydrogens is 280 g/mol. The summed E-state index contributed by atoms with van der Waals surface area (Å²) in [7, 11) is 0. The van der Waals surface area contributed by atoms with Gasteiger partial charge >= 0.3 is 0 Å². The van der Waals surface area contributed by atoms with Crippen molar-refractivity contribution in [2.75, 3.05) is 25.4 Å². The van der Waals surface area contributed by atoms with Gasteiger partial charge < -0.3 is 10.6 Å². The Hall–Kier alpha value is -1.80. The van der Waals surface area contributed by atoms with Gasteiger partial charge in [0.2, 0.25) is 0 Å². The van der Waals surface area contributed by atoms with Crippen molar-refractivity contribution in [2.24, 2.45) is 5.92 Å². The first kappa shape index (κ1) is 16.1. The van der Waals surface area contributed by atoms with Gasteiger partial charge in [0.15, 0.2) is 0 Å². The highest BCUT2D eigenvalue weighted by Gasteiger charge is 2.18. The molecule has 3 rings (SSSR count). The van der Waals surface area contributed by atoms with E-state index in [1.54, 1.807) is 0 Å². The maximum absolute atomic E-state index is 5.73. The van der Waals surface area contributed by atoms with Crippen LogP contribution in [0.5, 0.6) is 0 Å². The Labute approximate surface area is 140 Å². The molecule has 2 heteroatoms. The predicted molar refractivity (Wildman–Crippen MR) is 98.5 cm³/mol. The van der Waals surface area contributed by atoms with Crippen LogP contribution in [-0.4, -0.2) is 24.5 Å². The highest BCUT2D eigenvalue weighted by Crippen LogP contribution is 2.22. The SMILES string of the molecule is Nc1ccc(CCCN2CCC(Cc3ccccc3)CC2)cc1. The monoisotopic (exact) mass is 308 g/mol. The summed E-state index contributed by atoms with van der Waals surface area (Å²) in [6.45, 7) is 3.75. The number of nitrogens with zero attached hydrogens (tertiary/aromatic N) is 1. The lowest BCUT2D eigenvalue weighted by Gasteiger charge is -2.32. The van der Waals surface area contributed by atoms with Crippen LogP contribution in [0.25, 0.3) is 0 Å². The molecule has 0 bridgehead atoms. The molecule has 122 valence electrons. The molecule has 2 nitrogen and oxygen atoms in total. The van der Waals surface area contributed by atoms with Crippen molar-refractivity contribution in [3.05, 3.63) is 65.7 Å². The summed E-state index contributed by atoms with van der Waals surface area (Å²) < 4.78 is 0. The minimum absolute atomic E-state index is 0.856. The first-order chi connectivity index (χ1) is 11.3. The number of hydrogen-bond acceptors (Lipinski definition) is 2. The van der Waals surface area contributed by atoms with Crippen molar-refractivity contribution in [3.63, 3.8) is 0 Å². The normalized spacial score (nSPS) is 16.5. The van der Waals surface area contributed by atoms with Crippen LogP contribution in [0.1, 0.15) is 30.4 Å². The fourth-order valence-electron chi connectivity index (χ4n) is 3.55. The molecule has 1 heterocycles. The van der Waals surface area contributed by atoms with Crippen LogP contribution >= 0.6 is 0 Å². The van der Waals surface area contributed by atoms with Crippen molar-refractivity contribution < 1.29 is 0 Å². The minimum Gasteiger partial charge on any atom is -0.399 e. The molecule has 2 N–H and O–H groups in total. The lowest BCUT2D eigenvalue weighted by molar-refractivity contribution is 0.182. The summed E-state index contributed by atoms with van der Waals surface area (Å²) in [4.78, 5) is 2.64. The highest BCUT2D eigenvalue weighted by atomic mass is 15.1. The Balaban J connectivity index is 1.35. The number of piperidine rings is 1. The van der Waals surface area contributed by atoms with Gasteiger partial charge in [-0.05, 0) is 80.9 Å². The Bertz CT molecular complexity index is 569. The molecule has 0 aliphatic carbocycles. The zero-order valence-electron chi connectivity index (χ0n) is 14.0. The largest absolute Gasteiger partial charge is 0.399 e. The van der Waals surface area contributed by atoms with E-state index in [0.29, 0.717) is 0 Å². The number of benzene rings is 2. The molecule has 1 fully saturated rings. The third-order valence-corrected chi connectivity index (χ3v) is 4.99. The van der Waals surface area contributed by atoms with Gasteiger partial charge in [0.25, 0.3) is 0 Å². The third kappa shape index (κ3) is 5.11. The Morgan fingerprint density at radius 3 is 2.26 bits per heavy atom. The molecule has 0 spiro atoms. The van der Waals surface area contributed by atoms with Crippen LogP contribution in [-0.2, 0) is 12.8 Å². The average molecular weight is 308 g/mol. The van der Waals surface area contributed by atoms with Crippen LogP contribution in [0.15, 0.2) is 54.6 Å². The van der Waals surface area contributed by atoms with Gasteiger partial charge in [-0.15, -0.1) is 0 Å². The van der Waals surface area contributed by atoms with E-state index in [4.69, 9.17) is 5.73 Å². The van der Waals surface area contributed by atoms with Crippen molar-refractivity contribution >= 4 is 5.69 Å². The van der Waals surface area contributed by atoms with Gasteiger partial charge in [-0.25, -0.2) is 0 Å². The highest BCUT2D eigenvalue weighted by molar-refractivity contribution is 5.39. The predicted octanol–water partition coefficient (Wildman–Crippen LogP) is 4.16. The van der Waals surface area contributed by atoms with Crippen LogP contribution in [0.4, 0.5) is 5.69 Å². The van der Waals surface area contributed by atoms with E-state index in [2.05, 4.69) is 47.4 Å². The number of likely N-dealkylation sites (tertiary alicyclic amines) is 1. The van der Waals surface area contributed by atoms with Crippen molar-refractivity contribution in [1.29, 1.82) is 0 Å². The Kier molecular flexibility index (Phi) is 5.71. The standard InChI is InChI=1S/C21H28N2/c22-21-10-8-18(9-11-21)7-4-14-23-15-12-20(13-16-23)17-19-5-2-1-3-6-19/h1-3,5-6,8-11,20H,4,7,12-17,22H2. The van der Waals surface area contributed by atoms with Crippen molar-refractivity contribution in [1.82, 2.24) is 4.90 Å². The van der Waals surface area contributed by atoms with E-state index in [1.165, 1.54) is 56.4 Å². The molecule has 1 aliphatic rings. The fourth-order valence-corrected chi connectivity index (χ4v) is 3.55. The topological polar surface area (TPSA) is 29.3 Å². The summed E-state index contributed by atoms with van der Waals surface area (Å²) in [6.07, 6.45) is 6.34. The van der Waals surface area contributed by atoms with E-state index in [-0.39, 0.29) is 0 Å². The molecular formula is C21H28N2. The van der Waals surface area contributed by atoms with E-state index in [0.717, 1.165) is 18.0 Å². The van der Waals surface area contributed by atoms with Crippen LogP contribution in [0.3, 0.4) is 0 Å². The van der Waals surface area contributed by atoms with Crippen LogP contribution in [0.2, 0.25) is 0 Å². The van der Waals surface area contributed by atoms with E-state index < -0.39 is 0 Å². The zero-order valence-corrected chi connectivity index (χ0v) is 14.0. The first-order valence-corrected chi connectivity index (χ1v) is 8.90. The van der Waals surface area contributed by atoms with Gasteiger partial charge in [-0.3, -0.25) is 0 Å². The Morgan fingerprint density at radius 1 is 0.870 bits per heavy atom. The Morgan fingerprint density at radius 2 is 1.57 bits per heavy atom. The number of aryl methyl sites for hydroxylation is 1.